The Morgan fingerprint density at radius 1 is 1.37 bits per heavy atom. The molecule has 1 heterocycles. The van der Waals surface area contributed by atoms with E-state index in [2.05, 4.69) is 10.2 Å². The molecule has 1 unspecified atom stereocenters. The van der Waals surface area contributed by atoms with Crippen LogP contribution in [0, 0.1) is 18.8 Å². The largest absolute Gasteiger partial charge is 0.481 e. The van der Waals surface area contributed by atoms with Gasteiger partial charge in [-0.1, -0.05) is 0 Å². The highest BCUT2D eigenvalue weighted by Crippen LogP contribution is 2.30. The van der Waals surface area contributed by atoms with E-state index in [1.807, 2.05) is 11.5 Å². The molecule has 0 radical (unpaired) electrons. The molecule has 106 valence electrons. The number of aliphatic carboxylic acids is 1. The predicted molar refractivity (Wildman–Crippen MR) is 68.5 cm³/mol. The summed E-state index contributed by atoms with van der Waals surface area (Å²) in [5.74, 6) is 0.981. The number of aryl methyl sites for hydroxylation is 1. The van der Waals surface area contributed by atoms with Crippen molar-refractivity contribution in [1.82, 2.24) is 14.8 Å². The minimum atomic E-state index is -0.677. The number of carboxylic acids is 1. The van der Waals surface area contributed by atoms with Gasteiger partial charge in [0.05, 0.1) is 5.92 Å². The molecular formula is C13H21N3O3. The lowest BCUT2D eigenvalue weighted by Crippen LogP contribution is -2.24. The Morgan fingerprint density at radius 2 is 2.00 bits per heavy atom. The number of rotatable bonds is 4. The molecule has 6 heteroatoms. The second-order valence-corrected chi connectivity index (χ2v) is 5.45. The van der Waals surface area contributed by atoms with Crippen LogP contribution in [-0.2, 0) is 11.3 Å². The molecule has 1 aromatic heterocycles. The molecule has 0 amide bonds. The number of nitrogens with zero attached hydrogens (tertiary/aromatic N) is 3. The summed E-state index contributed by atoms with van der Waals surface area (Å²) in [6, 6.07) is 0. The highest BCUT2D eigenvalue weighted by Gasteiger charge is 2.27. The van der Waals surface area contributed by atoms with Crippen LogP contribution in [0.4, 0.5) is 0 Å². The molecule has 0 aromatic carbocycles. The molecule has 1 aliphatic rings. The second-order valence-electron chi connectivity index (χ2n) is 5.45. The Hall–Kier alpha value is -1.43. The number of hydrogen-bond acceptors (Lipinski definition) is 4. The normalized spacial score (nSPS) is 25.2. The Kier molecular flexibility index (Phi) is 4.19. The van der Waals surface area contributed by atoms with Crippen LogP contribution in [0.1, 0.15) is 50.4 Å². The maximum atomic E-state index is 10.9. The number of carboxylic acid groups (broad SMARTS) is 1. The first-order chi connectivity index (χ1) is 8.99. The number of aromatic nitrogens is 3. The predicted octanol–water partition coefficient (Wildman–Crippen LogP) is 1.53. The van der Waals surface area contributed by atoms with Gasteiger partial charge in [-0.3, -0.25) is 4.79 Å². The smallest absolute Gasteiger partial charge is 0.306 e. The van der Waals surface area contributed by atoms with Crippen LogP contribution in [0.3, 0.4) is 0 Å². The van der Waals surface area contributed by atoms with Crippen molar-refractivity contribution in [2.45, 2.75) is 52.2 Å². The first kappa shape index (κ1) is 14.0. The molecular weight excluding hydrogens is 246 g/mol. The Bertz CT molecular complexity index is 448. The summed E-state index contributed by atoms with van der Waals surface area (Å²) < 4.78 is 1.95. The van der Waals surface area contributed by atoms with E-state index < -0.39 is 12.1 Å². The number of hydrogen-bond donors (Lipinski definition) is 2. The summed E-state index contributed by atoms with van der Waals surface area (Å²) in [5, 5.41) is 26.6. The third kappa shape index (κ3) is 3.12. The van der Waals surface area contributed by atoms with Gasteiger partial charge in [0, 0.05) is 6.54 Å². The number of aliphatic hydroxyl groups is 1. The zero-order chi connectivity index (χ0) is 14.0. The molecule has 0 saturated heterocycles. The van der Waals surface area contributed by atoms with Crippen molar-refractivity contribution in [3.05, 3.63) is 11.6 Å². The van der Waals surface area contributed by atoms with E-state index in [0.717, 1.165) is 38.1 Å². The number of carbonyl (C=O) groups is 1. The summed E-state index contributed by atoms with van der Waals surface area (Å²) in [6.45, 7) is 4.33. The molecule has 1 atom stereocenters. The van der Waals surface area contributed by atoms with Crippen LogP contribution >= 0.6 is 0 Å². The molecule has 0 spiro atoms. The molecule has 1 fully saturated rings. The SMILES string of the molecule is Cc1nnc(C(C)O)n1CC1CCC(C(=O)O)CC1. The van der Waals surface area contributed by atoms with Crippen LogP contribution < -0.4 is 0 Å². The lowest BCUT2D eigenvalue weighted by molar-refractivity contribution is -0.143. The lowest BCUT2D eigenvalue weighted by Gasteiger charge is -2.27. The van der Waals surface area contributed by atoms with Crippen molar-refractivity contribution < 1.29 is 15.0 Å². The summed E-state index contributed by atoms with van der Waals surface area (Å²) in [4.78, 5) is 10.9. The second kappa shape index (κ2) is 5.69. The van der Waals surface area contributed by atoms with Gasteiger partial charge >= 0.3 is 5.97 Å². The highest BCUT2D eigenvalue weighted by atomic mass is 16.4. The van der Waals surface area contributed by atoms with E-state index in [9.17, 15) is 9.90 Å². The molecule has 1 aliphatic carbocycles. The first-order valence-electron chi connectivity index (χ1n) is 6.79. The van der Waals surface area contributed by atoms with Gasteiger partial charge in [-0.2, -0.15) is 0 Å². The Morgan fingerprint density at radius 3 is 2.53 bits per heavy atom. The van der Waals surface area contributed by atoms with Gasteiger partial charge in [0.15, 0.2) is 5.82 Å². The Labute approximate surface area is 112 Å². The maximum absolute atomic E-state index is 10.9. The fourth-order valence-electron chi connectivity index (χ4n) is 2.78. The average molecular weight is 267 g/mol. The molecule has 19 heavy (non-hydrogen) atoms. The summed E-state index contributed by atoms with van der Waals surface area (Å²) in [6.07, 6.45) is 2.68. The summed E-state index contributed by atoms with van der Waals surface area (Å²) >= 11 is 0. The zero-order valence-electron chi connectivity index (χ0n) is 11.4. The van der Waals surface area contributed by atoms with Gasteiger partial charge in [0.2, 0.25) is 0 Å². The van der Waals surface area contributed by atoms with Crippen molar-refractivity contribution in [2.75, 3.05) is 0 Å². The fraction of sp³-hybridized carbons (Fsp3) is 0.769. The number of aliphatic hydroxyl groups excluding tert-OH is 1. The van der Waals surface area contributed by atoms with E-state index >= 15 is 0 Å². The Balaban J connectivity index is 1.99. The minimum Gasteiger partial charge on any atom is -0.481 e. The first-order valence-corrected chi connectivity index (χ1v) is 6.79. The molecule has 1 aromatic rings. The third-order valence-corrected chi connectivity index (χ3v) is 3.97. The van der Waals surface area contributed by atoms with Gasteiger partial charge in [-0.15, -0.1) is 10.2 Å². The van der Waals surface area contributed by atoms with Crippen molar-refractivity contribution in [1.29, 1.82) is 0 Å². The highest BCUT2D eigenvalue weighted by molar-refractivity contribution is 5.69. The van der Waals surface area contributed by atoms with Crippen LogP contribution in [0.25, 0.3) is 0 Å². The van der Waals surface area contributed by atoms with Gasteiger partial charge in [-0.05, 0) is 45.4 Å². The van der Waals surface area contributed by atoms with Crippen LogP contribution in [-0.4, -0.2) is 30.9 Å². The summed E-state index contributed by atoms with van der Waals surface area (Å²) in [7, 11) is 0. The van der Waals surface area contributed by atoms with E-state index in [-0.39, 0.29) is 5.92 Å². The van der Waals surface area contributed by atoms with Gasteiger partial charge in [-0.25, -0.2) is 0 Å². The van der Waals surface area contributed by atoms with E-state index in [1.54, 1.807) is 6.92 Å². The van der Waals surface area contributed by atoms with Crippen molar-refractivity contribution >= 4 is 5.97 Å². The molecule has 0 aliphatic heterocycles. The molecule has 0 bridgehead atoms. The quantitative estimate of drug-likeness (QED) is 0.863. The summed E-state index contributed by atoms with van der Waals surface area (Å²) in [5.41, 5.74) is 0. The third-order valence-electron chi connectivity index (χ3n) is 3.97. The van der Waals surface area contributed by atoms with Crippen LogP contribution in [0.15, 0.2) is 0 Å². The van der Waals surface area contributed by atoms with Gasteiger partial charge in [0.25, 0.3) is 0 Å². The average Bonchev–Trinajstić information content (AvgIpc) is 2.72. The van der Waals surface area contributed by atoms with E-state index in [0.29, 0.717) is 11.7 Å². The van der Waals surface area contributed by atoms with Crippen molar-refractivity contribution in [2.24, 2.45) is 11.8 Å². The molecule has 6 nitrogen and oxygen atoms in total. The monoisotopic (exact) mass is 267 g/mol. The van der Waals surface area contributed by atoms with Crippen molar-refractivity contribution in [3.63, 3.8) is 0 Å². The van der Waals surface area contributed by atoms with Gasteiger partial charge in [0.1, 0.15) is 11.9 Å². The van der Waals surface area contributed by atoms with E-state index in [4.69, 9.17) is 5.11 Å². The lowest BCUT2D eigenvalue weighted by atomic mass is 9.82. The topological polar surface area (TPSA) is 88.2 Å². The molecule has 2 rings (SSSR count). The fourth-order valence-corrected chi connectivity index (χ4v) is 2.78. The van der Waals surface area contributed by atoms with Gasteiger partial charge < -0.3 is 14.8 Å². The van der Waals surface area contributed by atoms with Crippen LogP contribution in [0.2, 0.25) is 0 Å². The van der Waals surface area contributed by atoms with E-state index in [1.165, 1.54) is 0 Å². The molecule has 1 saturated carbocycles. The maximum Gasteiger partial charge on any atom is 0.306 e. The minimum absolute atomic E-state index is 0.186. The van der Waals surface area contributed by atoms with Crippen molar-refractivity contribution in [3.8, 4) is 0 Å². The zero-order valence-corrected chi connectivity index (χ0v) is 11.4. The van der Waals surface area contributed by atoms with Crippen LogP contribution in [0.5, 0.6) is 0 Å². The standard InChI is InChI=1S/C13H21N3O3/c1-8(17)12-15-14-9(2)16(12)7-10-3-5-11(6-4-10)13(18)19/h8,10-11,17H,3-7H2,1-2H3,(H,18,19). The molecule has 2 N–H and O–H groups in total.